The van der Waals surface area contributed by atoms with Gasteiger partial charge < -0.3 is 9.84 Å². The van der Waals surface area contributed by atoms with Gasteiger partial charge in [-0.3, -0.25) is 4.57 Å². The smallest absolute Gasteiger partial charge is 0.196 e. The molecule has 0 spiro atoms. The number of benzene rings is 2. The minimum Gasteiger partial charge on any atom is -0.486 e. The summed E-state index contributed by atoms with van der Waals surface area (Å²) in [6.07, 6.45) is 6.47. The molecule has 8 nitrogen and oxygen atoms in total. The van der Waals surface area contributed by atoms with Crippen LogP contribution in [-0.4, -0.2) is 31.7 Å². The zero-order chi connectivity index (χ0) is 22.2. The zero-order valence-electron chi connectivity index (χ0n) is 17.8. The quantitative estimate of drug-likeness (QED) is 0.240. The molecule has 0 aliphatic heterocycles. The van der Waals surface area contributed by atoms with Crippen LogP contribution in [0.3, 0.4) is 0 Å². The van der Waals surface area contributed by atoms with E-state index in [0.717, 1.165) is 29.4 Å². The summed E-state index contributed by atoms with van der Waals surface area (Å²) in [7, 11) is 0. The van der Waals surface area contributed by atoms with Crippen LogP contribution in [0.25, 0.3) is 16.1 Å². The third-order valence-electron chi connectivity index (χ3n) is 5.44. The summed E-state index contributed by atoms with van der Waals surface area (Å²) in [5, 5.41) is 23.0. The molecule has 2 aromatic carbocycles. The molecule has 1 heterocycles. The van der Waals surface area contributed by atoms with Crippen LogP contribution >= 0.6 is 11.8 Å². The molecule has 3 aromatic rings. The van der Waals surface area contributed by atoms with E-state index in [9.17, 15) is 0 Å². The van der Waals surface area contributed by atoms with Crippen molar-refractivity contribution in [2.75, 3.05) is 6.61 Å². The fraction of sp³-hybridized carbons (Fsp3) is 0.391. The van der Waals surface area contributed by atoms with Crippen LogP contribution in [0.2, 0.25) is 0 Å². The van der Waals surface area contributed by atoms with Crippen LogP contribution in [0.5, 0.6) is 5.75 Å². The summed E-state index contributed by atoms with van der Waals surface area (Å²) in [5.74, 6) is 1.44. The number of thioether (sulfide) groups is 1. The Hall–Kier alpha value is -3.00. The maximum Gasteiger partial charge on any atom is 0.196 e. The van der Waals surface area contributed by atoms with E-state index in [1.54, 1.807) is 17.8 Å². The largest absolute Gasteiger partial charge is 0.486 e. The molecule has 1 aliphatic carbocycles. The van der Waals surface area contributed by atoms with Gasteiger partial charge in [0.05, 0.1) is 0 Å². The topological polar surface area (TPSA) is 109 Å². The molecule has 1 fully saturated rings. The number of rotatable bonds is 10. The van der Waals surface area contributed by atoms with E-state index in [1.165, 1.54) is 31.2 Å². The third-order valence-corrected chi connectivity index (χ3v) is 6.72. The molecule has 0 radical (unpaired) electrons. The second-order valence-electron chi connectivity index (χ2n) is 7.73. The van der Waals surface area contributed by atoms with E-state index in [1.807, 2.05) is 47.0 Å². The van der Waals surface area contributed by atoms with E-state index in [2.05, 4.69) is 20.2 Å². The van der Waals surface area contributed by atoms with Gasteiger partial charge in [-0.15, -0.1) is 10.2 Å². The molecule has 0 saturated heterocycles. The number of nitrogens with zero attached hydrogens (tertiary/aromatic N) is 6. The highest BCUT2D eigenvalue weighted by Gasteiger charge is 2.22. The average molecular weight is 451 g/mol. The number of azide groups is 1. The van der Waals surface area contributed by atoms with Gasteiger partial charge in [0, 0.05) is 28.1 Å². The Morgan fingerprint density at radius 3 is 2.72 bits per heavy atom. The van der Waals surface area contributed by atoms with Crippen LogP contribution in [0.15, 0.2) is 58.8 Å². The predicted octanol–water partition coefficient (Wildman–Crippen LogP) is 5.75. The van der Waals surface area contributed by atoms with Gasteiger partial charge in [0.15, 0.2) is 11.0 Å². The Balaban J connectivity index is 1.56. The average Bonchev–Trinajstić information content (AvgIpc) is 3.48. The number of aliphatic hydroxyl groups is 1. The Morgan fingerprint density at radius 1 is 1.16 bits per heavy atom. The van der Waals surface area contributed by atoms with Crippen LogP contribution in [0.4, 0.5) is 5.69 Å². The van der Waals surface area contributed by atoms with Gasteiger partial charge in [0.25, 0.3) is 0 Å². The standard InChI is InChI=1S/C23H26N6O2S/c24-28-25-18-6-3-7-19(15-18)29-22(26-27-23(29)32-21-8-1-2-9-21)16-31-20-12-10-17(11-13-20)5-4-14-30/h3,6-7,10-13,15,21,30H,1-2,4-5,8-9,14,16H2. The Kier molecular flexibility index (Phi) is 7.66. The van der Waals surface area contributed by atoms with Crippen molar-refractivity contribution >= 4 is 17.4 Å². The molecular weight excluding hydrogens is 424 g/mol. The summed E-state index contributed by atoms with van der Waals surface area (Å²) >= 11 is 1.75. The van der Waals surface area contributed by atoms with E-state index in [-0.39, 0.29) is 13.2 Å². The number of hydrogen-bond donors (Lipinski definition) is 1. The van der Waals surface area contributed by atoms with Gasteiger partial charge in [-0.05, 0) is 61.0 Å². The summed E-state index contributed by atoms with van der Waals surface area (Å²) < 4.78 is 8.01. The maximum atomic E-state index is 8.99. The molecule has 1 aliphatic rings. The van der Waals surface area contributed by atoms with Crippen molar-refractivity contribution in [3.63, 3.8) is 0 Å². The van der Waals surface area contributed by atoms with E-state index >= 15 is 0 Å². The first-order chi connectivity index (χ1) is 15.8. The number of aliphatic hydroxyl groups excluding tert-OH is 1. The molecule has 32 heavy (non-hydrogen) atoms. The van der Waals surface area contributed by atoms with Crippen LogP contribution in [-0.2, 0) is 13.0 Å². The summed E-state index contributed by atoms with van der Waals surface area (Å²) in [5.41, 5.74) is 11.4. The molecule has 1 aromatic heterocycles. The minimum absolute atomic E-state index is 0.190. The molecule has 1 saturated carbocycles. The molecule has 9 heteroatoms. The predicted molar refractivity (Wildman–Crippen MR) is 124 cm³/mol. The Morgan fingerprint density at radius 2 is 1.97 bits per heavy atom. The first-order valence-corrected chi connectivity index (χ1v) is 11.7. The molecule has 0 amide bonds. The Labute approximate surface area is 191 Å². The molecule has 4 rings (SSSR count). The molecule has 0 unspecified atom stereocenters. The summed E-state index contributed by atoms with van der Waals surface area (Å²) in [6.45, 7) is 0.454. The third kappa shape index (κ3) is 5.62. The summed E-state index contributed by atoms with van der Waals surface area (Å²) in [4.78, 5) is 2.90. The van der Waals surface area contributed by atoms with Crippen molar-refractivity contribution in [2.24, 2.45) is 5.11 Å². The van der Waals surface area contributed by atoms with E-state index < -0.39 is 0 Å². The van der Waals surface area contributed by atoms with Crippen LogP contribution in [0.1, 0.15) is 43.5 Å². The highest BCUT2D eigenvalue weighted by molar-refractivity contribution is 7.99. The van der Waals surface area contributed by atoms with E-state index in [0.29, 0.717) is 16.8 Å². The molecule has 0 atom stereocenters. The van der Waals surface area contributed by atoms with Crippen LogP contribution < -0.4 is 4.74 Å². The summed E-state index contributed by atoms with van der Waals surface area (Å²) in [6, 6.07) is 15.3. The monoisotopic (exact) mass is 450 g/mol. The lowest BCUT2D eigenvalue weighted by Crippen LogP contribution is -2.07. The number of aryl methyl sites for hydroxylation is 1. The van der Waals surface area contributed by atoms with Crippen LogP contribution in [0, 0.1) is 0 Å². The van der Waals surface area contributed by atoms with Gasteiger partial charge in [-0.2, -0.15) is 0 Å². The van der Waals surface area contributed by atoms with Gasteiger partial charge in [-0.1, -0.05) is 54.0 Å². The minimum atomic E-state index is 0.190. The van der Waals surface area contributed by atoms with Crippen molar-refractivity contribution in [2.45, 2.75) is 55.5 Å². The highest BCUT2D eigenvalue weighted by atomic mass is 32.2. The lowest BCUT2D eigenvalue weighted by Gasteiger charge is -2.14. The molecule has 1 N–H and O–H groups in total. The molecule has 0 bridgehead atoms. The van der Waals surface area contributed by atoms with Gasteiger partial charge in [0.2, 0.25) is 0 Å². The first-order valence-electron chi connectivity index (χ1n) is 10.9. The second-order valence-corrected chi connectivity index (χ2v) is 9.00. The number of ether oxygens (including phenoxy) is 1. The zero-order valence-corrected chi connectivity index (χ0v) is 18.6. The van der Waals surface area contributed by atoms with Gasteiger partial charge >= 0.3 is 0 Å². The van der Waals surface area contributed by atoms with Gasteiger partial charge in [-0.25, -0.2) is 0 Å². The van der Waals surface area contributed by atoms with Crippen molar-refractivity contribution < 1.29 is 9.84 Å². The van der Waals surface area contributed by atoms with Crippen molar-refractivity contribution in [1.29, 1.82) is 0 Å². The van der Waals surface area contributed by atoms with Crippen molar-refractivity contribution in [3.8, 4) is 11.4 Å². The second kappa shape index (κ2) is 11.0. The normalized spacial score (nSPS) is 13.8. The molecule has 166 valence electrons. The fourth-order valence-corrected chi connectivity index (χ4v) is 5.09. The lowest BCUT2D eigenvalue weighted by molar-refractivity contribution is 0.288. The molecular formula is C23H26N6O2S. The van der Waals surface area contributed by atoms with Crippen molar-refractivity contribution in [3.05, 3.63) is 70.4 Å². The number of aromatic nitrogens is 3. The number of hydrogen-bond acceptors (Lipinski definition) is 6. The Bertz CT molecular complexity index is 1070. The van der Waals surface area contributed by atoms with Crippen molar-refractivity contribution in [1.82, 2.24) is 14.8 Å². The maximum absolute atomic E-state index is 8.99. The SMILES string of the molecule is [N-]=[N+]=Nc1cccc(-n2c(COc3ccc(CCCO)cc3)nnc2SC2CCCC2)c1. The van der Waals surface area contributed by atoms with E-state index in [4.69, 9.17) is 15.4 Å². The highest BCUT2D eigenvalue weighted by Crippen LogP contribution is 2.35. The lowest BCUT2D eigenvalue weighted by atomic mass is 10.1. The fourth-order valence-electron chi connectivity index (χ4n) is 3.81. The first kappa shape index (κ1) is 22.2. The van der Waals surface area contributed by atoms with Gasteiger partial charge in [0.1, 0.15) is 12.4 Å².